The van der Waals surface area contributed by atoms with Gasteiger partial charge in [-0.2, -0.15) is 9.78 Å². The predicted octanol–water partition coefficient (Wildman–Crippen LogP) is 6.41. The largest absolute Gasteiger partial charge is 0.483 e. The summed E-state index contributed by atoms with van der Waals surface area (Å²) in [5.74, 6) is 1.23. The van der Waals surface area contributed by atoms with Crippen LogP contribution >= 0.6 is 15.9 Å². The molecule has 1 aliphatic rings. The first-order chi connectivity index (χ1) is 18.5. The number of fused-ring (bicyclic) bond motifs is 1. The van der Waals surface area contributed by atoms with Crippen molar-refractivity contribution in [1.29, 1.82) is 0 Å². The Morgan fingerprint density at radius 2 is 1.87 bits per heavy atom. The molecule has 0 atom stereocenters. The number of carbonyl (C=O) groups is 1. The number of nitrogens with one attached hydrogen (secondary N) is 1. The lowest BCUT2D eigenvalue weighted by atomic mass is 9.88. The third-order valence-electron chi connectivity index (χ3n) is 6.72. The highest BCUT2D eigenvalue weighted by molar-refractivity contribution is 9.10. The van der Waals surface area contributed by atoms with Gasteiger partial charge < -0.3 is 10.1 Å². The summed E-state index contributed by atoms with van der Waals surface area (Å²) in [5.41, 5.74) is 3.17. The Morgan fingerprint density at radius 3 is 2.63 bits per heavy atom. The molecule has 194 valence electrons. The molecule has 4 aromatic rings. The highest BCUT2D eigenvalue weighted by atomic mass is 79.9. The van der Waals surface area contributed by atoms with Crippen LogP contribution in [0.2, 0.25) is 0 Å². The van der Waals surface area contributed by atoms with Crippen LogP contribution in [0.5, 0.6) is 5.75 Å². The molecule has 7 nitrogen and oxygen atoms in total. The van der Waals surface area contributed by atoms with Crippen molar-refractivity contribution in [1.82, 2.24) is 9.66 Å². The number of ether oxygens (including phenoxy) is 1. The lowest BCUT2D eigenvalue weighted by Gasteiger charge is -2.22. The molecule has 1 aliphatic carbocycles. The lowest BCUT2D eigenvalue weighted by molar-refractivity contribution is -0.118. The fourth-order valence-corrected chi connectivity index (χ4v) is 5.20. The third-order valence-corrected chi connectivity index (χ3v) is 7.34. The average Bonchev–Trinajstić information content (AvgIpc) is 2.94. The summed E-state index contributed by atoms with van der Waals surface area (Å²) in [6, 6.07) is 20.5. The number of para-hydroxylation sites is 1. The molecule has 0 radical (unpaired) electrons. The number of amides is 1. The van der Waals surface area contributed by atoms with E-state index in [0.717, 1.165) is 48.3 Å². The van der Waals surface area contributed by atoms with Gasteiger partial charge in [-0.1, -0.05) is 49.1 Å². The van der Waals surface area contributed by atoms with Gasteiger partial charge in [0.15, 0.2) is 6.61 Å². The number of aryl methyl sites for hydroxylation is 1. The SMILES string of the molecule is Cc1ccc(NC(=O)COc2ccc(C=Nn3c(C4CCCCC4)nc4ccccc4c3=O)cc2Br)cc1. The number of carbonyl (C=O) groups excluding carboxylic acids is 1. The quantitative estimate of drug-likeness (QED) is 0.259. The van der Waals surface area contributed by atoms with E-state index in [0.29, 0.717) is 21.1 Å². The summed E-state index contributed by atoms with van der Waals surface area (Å²) in [7, 11) is 0. The smallest absolute Gasteiger partial charge is 0.282 e. The van der Waals surface area contributed by atoms with Gasteiger partial charge in [0.25, 0.3) is 11.5 Å². The van der Waals surface area contributed by atoms with Gasteiger partial charge in [0.2, 0.25) is 0 Å². The monoisotopic (exact) mass is 572 g/mol. The molecular formula is C30H29BrN4O3. The van der Waals surface area contributed by atoms with Crippen LogP contribution in [0.25, 0.3) is 10.9 Å². The molecule has 1 saturated carbocycles. The summed E-state index contributed by atoms with van der Waals surface area (Å²) < 4.78 is 7.86. The first kappa shape index (κ1) is 25.9. The molecule has 0 aliphatic heterocycles. The van der Waals surface area contributed by atoms with Crippen molar-refractivity contribution in [2.75, 3.05) is 11.9 Å². The average molecular weight is 573 g/mol. The summed E-state index contributed by atoms with van der Waals surface area (Å²) >= 11 is 3.52. The van der Waals surface area contributed by atoms with Crippen LogP contribution in [-0.2, 0) is 4.79 Å². The molecule has 0 bridgehead atoms. The van der Waals surface area contributed by atoms with Crippen LogP contribution in [-0.4, -0.2) is 28.4 Å². The molecule has 3 aromatic carbocycles. The minimum atomic E-state index is -0.246. The zero-order valence-corrected chi connectivity index (χ0v) is 22.8. The number of rotatable bonds is 7. The van der Waals surface area contributed by atoms with Gasteiger partial charge in [-0.15, -0.1) is 0 Å². The summed E-state index contributed by atoms with van der Waals surface area (Å²) in [5, 5.41) is 7.96. The summed E-state index contributed by atoms with van der Waals surface area (Å²) in [6.45, 7) is 1.87. The van der Waals surface area contributed by atoms with Crippen LogP contribution in [0.3, 0.4) is 0 Å². The standard InChI is InChI=1S/C30H29BrN4O3/c1-20-11-14-23(15-12-20)33-28(36)19-38-27-16-13-21(17-25(27)31)18-32-35-29(22-7-3-2-4-8-22)34-26-10-6-5-9-24(26)30(35)37/h5-6,9-18,22H,2-4,7-8,19H2,1H3,(H,33,36). The van der Waals surface area contributed by atoms with Crippen LogP contribution < -0.4 is 15.6 Å². The molecular weight excluding hydrogens is 544 g/mol. The van der Waals surface area contributed by atoms with Crippen LogP contribution in [0, 0.1) is 6.92 Å². The Hall–Kier alpha value is -3.78. The molecule has 1 heterocycles. The lowest BCUT2D eigenvalue weighted by Crippen LogP contribution is -2.25. The van der Waals surface area contributed by atoms with Gasteiger partial charge in [-0.3, -0.25) is 9.59 Å². The molecule has 1 fully saturated rings. The summed E-state index contributed by atoms with van der Waals surface area (Å²) in [4.78, 5) is 30.5. The molecule has 1 aromatic heterocycles. The molecule has 8 heteroatoms. The molecule has 0 saturated heterocycles. The number of benzene rings is 3. The van der Waals surface area contributed by atoms with E-state index >= 15 is 0 Å². The Labute approximate surface area is 229 Å². The van der Waals surface area contributed by atoms with Crippen LogP contribution in [0.4, 0.5) is 5.69 Å². The first-order valence-corrected chi connectivity index (χ1v) is 13.6. The van der Waals surface area contributed by atoms with E-state index in [9.17, 15) is 9.59 Å². The topological polar surface area (TPSA) is 85.6 Å². The van der Waals surface area contributed by atoms with Gasteiger partial charge in [0, 0.05) is 11.6 Å². The highest BCUT2D eigenvalue weighted by Crippen LogP contribution is 2.32. The van der Waals surface area contributed by atoms with E-state index in [1.807, 2.05) is 61.5 Å². The van der Waals surface area contributed by atoms with E-state index < -0.39 is 0 Å². The second kappa shape index (κ2) is 11.7. The van der Waals surface area contributed by atoms with E-state index in [1.165, 1.54) is 11.1 Å². The second-order valence-electron chi connectivity index (χ2n) is 9.58. The Bertz CT molecular complexity index is 1540. The van der Waals surface area contributed by atoms with E-state index in [4.69, 9.17) is 9.72 Å². The number of hydrogen-bond acceptors (Lipinski definition) is 5. The van der Waals surface area contributed by atoms with E-state index in [-0.39, 0.29) is 24.0 Å². The zero-order chi connectivity index (χ0) is 26.5. The summed E-state index contributed by atoms with van der Waals surface area (Å²) in [6.07, 6.45) is 7.16. The number of halogens is 1. The van der Waals surface area contributed by atoms with Crippen molar-refractivity contribution >= 4 is 44.6 Å². The van der Waals surface area contributed by atoms with Crippen molar-refractivity contribution in [3.63, 3.8) is 0 Å². The van der Waals surface area contributed by atoms with Gasteiger partial charge in [0.05, 0.1) is 21.6 Å². The Kier molecular flexibility index (Phi) is 7.98. The van der Waals surface area contributed by atoms with Crippen molar-refractivity contribution < 1.29 is 9.53 Å². The van der Waals surface area contributed by atoms with Crippen LogP contribution in [0.15, 0.2) is 81.1 Å². The number of anilines is 1. The molecule has 0 unspecified atom stereocenters. The number of hydrogen-bond donors (Lipinski definition) is 1. The Morgan fingerprint density at radius 1 is 1.11 bits per heavy atom. The van der Waals surface area contributed by atoms with Crippen molar-refractivity contribution in [2.24, 2.45) is 5.10 Å². The van der Waals surface area contributed by atoms with E-state index in [1.54, 1.807) is 18.3 Å². The van der Waals surface area contributed by atoms with Crippen molar-refractivity contribution in [2.45, 2.75) is 44.9 Å². The highest BCUT2D eigenvalue weighted by Gasteiger charge is 2.22. The normalized spacial score (nSPS) is 14.2. The fraction of sp³-hybridized carbons (Fsp3) is 0.267. The number of nitrogens with zero attached hydrogens (tertiary/aromatic N) is 3. The van der Waals surface area contributed by atoms with Crippen molar-refractivity contribution in [3.8, 4) is 5.75 Å². The van der Waals surface area contributed by atoms with Gasteiger partial charge in [-0.05, 0) is 83.7 Å². The number of aromatic nitrogens is 2. The minimum absolute atomic E-state index is 0.122. The van der Waals surface area contributed by atoms with Crippen LogP contribution in [0.1, 0.15) is 55.0 Å². The maximum Gasteiger partial charge on any atom is 0.282 e. The molecule has 1 N–H and O–H groups in total. The molecule has 1 amide bonds. The maximum atomic E-state index is 13.4. The van der Waals surface area contributed by atoms with Crippen molar-refractivity contribution in [3.05, 3.63) is 98.5 Å². The zero-order valence-electron chi connectivity index (χ0n) is 21.2. The molecule has 0 spiro atoms. The Balaban J connectivity index is 1.33. The van der Waals surface area contributed by atoms with E-state index in [2.05, 4.69) is 26.3 Å². The first-order valence-electron chi connectivity index (χ1n) is 12.8. The van der Waals surface area contributed by atoms with Gasteiger partial charge >= 0.3 is 0 Å². The maximum absolute atomic E-state index is 13.4. The third kappa shape index (κ3) is 6.02. The van der Waals surface area contributed by atoms with Gasteiger partial charge in [-0.25, -0.2) is 4.98 Å². The fourth-order valence-electron chi connectivity index (χ4n) is 4.69. The second-order valence-corrected chi connectivity index (χ2v) is 10.4. The molecule has 38 heavy (non-hydrogen) atoms. The van der Waals surface area contributed by atoms with Gasteiger partial charge in [0.1, 0.15) is 11.6 Å². The molecule has 5 rings (SSSR count). The predicted molar refractivity (Wildman–Crippen MR) is 154 cm³/mol. The minimum Gasteiger partial charge on any atom is -0.483 e.